The summed E-state index contributed by atoms with van der Waals surface area (Å²) in [5, 5.41) is 39.2. The molecule has 0 radical (unpaired) electrons. The smallest absolute Gasteiger partial charge is 0.323 e. The third-order valence-electron chi connectivity index (χ3n) is 10.4. The normalized spacial score (nSPS) is 12.5. The van der Waals surface area contributed by atoms with Crippen LogP contribution in [0.4, 0.5) is 61.7 Å². The lowest BCUT2D eigenvalue weighted by molar-refractivity contribution is 0.262. The van der Waals surface area contributed by atoms with Gasteiger partial charge in [0, 0.05) is 23.5 Å². The summed E-state index contributed by atoms with van der Waals surface area (Å²) in [5.41, 5.74) is 5.92. The Morgan fingerprint density at radius 3 is 1.07 bits per heavy atom. The van der Waals surface area contributed by atoms with Crippen molar-refractivity contribution < 1.29 is 66.2 Å². The molecule has 76 heavy (non-hydrogen) atoms. The van der Waals surface area contributed by atoms with E-state index in [1.807, 2.05) is 0 Å². The summed E-state index contributed by atoms with van der Waals surface area (Å²) < 4.78 is 140. The molecule has 6 rings (SSSR count). The Labute approximate surface area is 437 Å². The summed E-state index contributed by atoms with van der Waals surface area (Å²) >= 11 is 0. The number of rotatable bonds is 22. The van der Waals surface area contributed by atoms with Crippen molar-refractivity contribution in [2.75, 3.05) is 35.4 Å². The molecule has 0 aliphatic heterocycles. The molecule has 6 aromatic rings. The first-order valence-electron chi connectivity index (χ1n) is 22.3. The molecule has 0 saturated carbocycles. The average Bonchev–Trinajstić information content (AvgIpc) is 3.32. The Kier molecular flexibility index (Phi) is 18.7. The Bertz CT molecular complexity index is 3520. The van der Waals surface area contributed by atoms with E-state index in [2.05, 4.69) is 51.5 Å². The zero-order valence-corrected chi connectivity index (χ0v) is 43.9. The minimum atomic E-state index is -4.77. The number of azo groups is 4. The maximum absolute atomic E-state index is 13.0. The highest BCUT2D eigenvalue weighted by atomic mass is 32.2. The first kappa shape index (κ1) is 57.5. The van der Waals surface area contributed by atoms with Crippen LogP contribution in [-0.4, -0.2) is 82.6 Å². The van der Waals surface area contributed by atoms with E-state index in [1.165, 1.54) is 24.3 Å². The monoisotopic (exact) mass is 1120 g/mol. The van der Waals surface area contributed by atoms with Crippen LogP contribution in [0.3, 0.4) is 0 Å². The van der Waals surface area contributed by atoms with Gasteiger partial charge in [-0.2, -0.15) is 64.4 Å². The number of anilines is 2. The number of aryl methyl sites for hydroxylation is 4. The number of amides is 2. The Morgan fingerprint density at radius 2 is 0.737 bits per heavy atom. The Hall–Kier alpha value is -7.77. The molecule has 400 valence electrons. The van der Waals surface area contributed by atoms with Crippen LogP contribution in [0.1, 0.15) is 35.1 Å². The van der Waals surface area contributed by atoms with Gasteiger partial charge in [-0.1, -0.05) is 0 Å². The van der Waals surface area contributed by atoms with E-state index in [0.29, 0.717) is 67.8 Å². The van der Waals surface area contributed by atoms with Crippen molar-refractivity contribution in [1.29, 1.82) is 0 Å². The number of nitrogens with one attached hydrogen (secondary N) is 2. The minimum Gasteiger partial charge on any atom is -0.494 e. The summed E-state index contributed by atoms with van der Waals surface area (Å²) in [6.45, 7) is 6.74. The van der Waals surface area contributed by atoms with Gasteiger partial charge in [-0.05, 0) is 160 Å². The van der Waals surface area contributed by atoms with Gasteiger partial charge in [-0.15, -0.1) is 10.2 Å². The molecular formula is C47H48N10O15S4. The molecule has 0 heterocycles. The zero-order valence-electron chi connectivity index (χ0n) is 40.6. The van der Waals surface area contributed by atoms with E-state index in [-0.39, 0.29) is 48.9 Å². The van der Waals surface area contributed by atoms with Crippen LogP contribution in [0.2, 0.25) is 0 Å². The summed E-state index contributed by atoms with van der Waals surface area (Å²) in [4.78, 5) is 11.8. The number of hydrogen-bond acceptors (Lipinski definition) is 19. The van der Waals surface area contributed by atoms with E-state index in [4.69, 9.17) is 18.6 Å². The van der Waals surface area contributed by atoms with Crippen LogP contribution in [0.25, 0.3) is 0 Å². The fourth-order valence-electron chi connectivity index (χ4n) is 6.66. The van der Waals surface area contributed by atoms with E-state index >= 15 is 0 Å². The molecule has 0 atom stereocenters. The summed E-state index contributed by atoms with van der Waals surface area (Å²) in [5.74, 6) is -1.07. The number of carbonyl (C=O) groups is 1. The SMILES string of the molecule is Cc1cc(NC(=O)Nc2ccc(N=Nc3ccc(N=Nc4ccc(OCCCS(=O)(=O)O)cc4S(=O)(=O)O)c(C)c3)c(C)c2)ccc1N=Nc1ccc(N=Nc2ccc(OCCCS(=O)(=O)O)cc2S(=O)(=O)O)c(C)c1. The minimum absolute atomic E-state index is 0.0136. The lowest BCUT2D eigenvalue weighted by Gasteiger charge is -2.10. The van der Waals surface area contributed by atoms with Gasteiger partial charge in [0.05, 0.1) is 58.8 Å². The molecule has 0 aliphatic carbocycles. The van der Waals surface area contributed by atoms with Crippen LogP contribution in [0.15, 0.2) is 160 Å². The Morgan fingerprint density at radius 1 is 0.421 bits per heavy atom. The third kappa shape index (κ3) is 17.7. The molecule has 0 aliphatic rings. The number of nitrogens with zero attached hydrogens (tertiary/aromatic N) is 8. The van der Waals surface area contributed by atoms with Crippen LogP contribution < -0.4 is 20.1 Å². The predicted octanol–water partition coefficient (Wildman–Crippen LogP) is 12.0. The third-order valence-corrected chi connectivity index (χ3v) is 13.8. The van der Waals surface area contributed by atoms with Crippen molar-refractivity contribution in [1.82, 2.24) is 0 Å². The fraction of sp³-hybridized carbons (Fsp3) is 0.213. The number of ether oxygens (including phenoxy) is 2. The van der Waals surface area contributed by atoms with Gasteiger partial charge in [0.2, 0.25) is 0 Å². The first-order chi connectivity index (χ1) is 35.7. The van der Waals surface area contributed by atoms with Crippen molar-refractivity contribution in [3.05, 3.63) is 131 Å². The number of carbonyl (C=O) groups excluding carboxylic acids is 1. The highest BCUT2D eigenvalue weighted by Gasteiger charge is 2.19. The van der Waals surface area contributed by atoms with Crippen molar-refractivity contribution in [2.45, 2.75) is 50.3 Å². The van der Waals surface area contributed by atoms with E-state index in [9.17, 15) is 47.6 Å². The Balaban J connectivity index is 1.01. The maximum atomic E-state index is 13.0. The first-order valence-corrected chi connectivity index (χ1v) is 28.4. The van der Waals surface area contributed by atoms with E-state index in [0.717, 1.165) is 12.1 Å². The average molecular weight is 1120 g/mol. The number of hydrogen-bond donors (Lipinski definition) is 6. The van der Waals surface area contributed by atoms with Crippen LogP contribution in [-0.2, 0) is 40.5 Å². The quantitative estimate of drug-likeness (QED) is 0.0209. The molecule has 0 fully saturated rings. The lowest BCUT2D eigenvalue weighted by Crippen LogP contribution is -2.19. The van der Waals surface area contributed by atoms with Gasteiger partial charge < -0.3 is 20.1 Å². The van der Waals surface area contributed by atoms with E-state index < -0.39 is 67.8 Å². The second-order valence-corrected chi connectivity index (χ2v) is 22.4. The van der Waals surface area contributed by atoms with Crippen molar-refractivity contribution >= 4 is 103 Å². The molecule has 2 amide bonds. The topological polar surface area (TPSA) is 376 Å². The summed E-state index contributed by atoms with van der Waals surface area (Å²) in [6, 6.07) is 26.7. The number of urea groups is 1. The molecule has 0 saturated heterocycles. The highest BCUT2D eigenvalue weighted by molar-refractivity contribution is 7.86. The second kappa shape index (κ2) is 24.7. The lowest BCUT2D eigenvalue weighted by atomic mass is 10.2. The predicted molar refractivity (Wildman–Crippen MR) is 280 cm³/mol. The van der Waals surface area contributed by atoms with Crippen LogP contribution >= 0.6 is 0 Å². The van der Waals surface area contributed by atoms with Gasteiger partial charge in [-0.3, -0.25) is 18.2 Å². The van der Waals surface area contributed by atoms with Crippen molar-refractivity contribution in [3.8, 4) is 11.5 Å². The zero-order chi connectivity index (χ0) is 55.4. The van der Waals surface area contributed by atoms with Gasteiger partial charge in [0.1, 0.15) is 32.7 Å². The van der Waals surface area contributed by atoms with Crippen molar-refractivity contribution in [2.24, 2.45) is 40.9 Å². The van der Waals surface area contributed by atoms with Crippen LogP contribution in [0, 0.1) is 27.7 Å². The second-order valence-electron chi connectivity index (χ2n) is 16.5. The van der Waals surface area contributed by atoms with E-state index in [1.54, 1.807) is 100 Å². The molecular weight excluding hydrogens is 1070 g/mol. The van der Waals surface area contributed by atoms with Gasteiger partial charge in [-0.25, -0.2) is 4.79 Å². The molecule has 0 spiro atoms. The number of benzene rings is 6. The van der Waals surface area contributed by atoms with Crippen LogP contribution in [0.5, 0.6) is 11.5 Å². The summed E-state index contributed by atoms with van der Waals surface area (Å²) in [6.07, 6.45) is -0.124. The molecule has 6 N–H and O–H groups in total. The van der Waals surface area contributed by atoms with Gasteiger partial charge in [0.25, 0.3) is 40.5 Å². The molecule has 25 nitrogen and oxygen atoms in total. The molecule has 29 heteroatoms. The fourth-order valence-corrected chi connectivity index (χ4v) is 8.90. The maximum Gasteiger partial charge on any atom is 0.323 e. The molecule has 0 unspecified atom stereocenters. The van der Waals surface area contributed by atoms with Gasteiger partial charge >= 0.3 is 6.03 Å². The standard InChI is InChI=1S/C47H48N10O15S4/c1-29-23-33(7-13-39(29)52-50-35-9-15-41(31(3)25-35)54-56-43-17-11-37(27-45(43)75(65,66)67)71-19-5-21-73(59,60)61)48-47(58)49-34-8-14-40(30(2)24-34)53-51-36-10-16-42(32(4)26-36)55-57-44-18-12-38(28-46(44)76(68,69)70)72-20-6-22-74(62,63)64/h7-18,23-28H,5-6,19-22H2,1-4H3,(H2,48,49,58)(H,59,60,61)(H,62,63,64)(H,65,66,67)(H,68,69,70). The molecule has 0 bridgehead atoms. The van der Waals surface area contributed by atoms with Gasteiger partial charge in [0.15, 0.2) is 0 Å². The molecule has 0 aromatic heterocycles. The largest absolute Gasteiger partial charge is 0.494 e. The van der Waals surface area contributed by atoms with Crippen molar-refractivity contribution in [3.63, 3.8) is 0 Å². The molecule has 6 aromatic carbocycles. The highest BCUT2D eigenvalue weighted by Crippen LogP contribution is 2.35. The summed E-state index contributed by atoms with van der Waals surface area (Å²) in [7, 11) is -17.9.